The molecule has 13 aromatic carbocycles. The highest BCUT2D eigenvalue weighted by Crippen LogP contribution is 2.54. The molecular weight excluding hydrogens is 1140 g/mol. The quantitative estimate of drug-likeness (QED) is 0.100. The summed E-state index contributed by atoms with van der Waals surface area (Å²) < 4.78 is 2.40. The van der Waals surface area contributed by atoms with Crippen LogP contribution in [0, 0.1) is 6.57 Å². The Morgan fingerprint density at radius 3 is 1.38 bits per heavy atom. The van der Waals surface area contributed by atoms with Crippen molar-refractivity contribution in [3.05, 3.63) is 320 Å². The van der Waals surface area contributed by atoms with Gasteiger partial charge in [-0.25, -0.2) is 4.85 Å². The van der Waals surface area contributed by atoms with Gasteiger partial charge < -0.3 is 14.4 Å². The van der Waals surface area contributed by atoms with Crippen LogP contribution in [0.1, 0.15) is 69.9 Å². The Hall–Kier alpha value is -11.2. The van der Waals surface area contributed by atoms with Gasteiger partial charge in [0.2, 0.25) is 0 Å². The number of anilines is 6. The third-order valence-electron chi connectivity index (χ3n) is 20.3. The van der Waals surface area contributed by atoms with Crippen LogP contribution >= 0.6 is 0 Å². The Labute approximate surface area is 552 Å². The standard InChI is InChI=1S/C89H69BN4/c1-89(2,3)69-46-50-80-76(57-69)77-58-70(91-4)47-51-81(77)92(80)71-39-23-38-65(52-71)66-45-49-82-79(53-66)90-78-48-44-67(59-26-11-5-12-27-59)54-83(78)94(88-74(63-34-19-9-20-35-63)42-25-43-75(88)64-36-21-10-22-37-64)85-56-68(60-28-13-6-14-29-60)55-84(86(85)90)93(82)87-72(61-30-15-7-16-31-61)40-24-41-73(87)62-32-17-8-18-33-62/h5,7-12,15-27,30-58,60H,6,13-14,28-29H2,1-3H3. The van der Waals surface area contributed by atoms with Gasteiger partial charge in [-0.2, -0.15) is 0 Å². The minimum atomic E-state index is -0.185. The van der Waals surface area contributed by atoms with E-state index < -0.39 is 0 Å². The maximum atomic E-state index is 8.06. The zero-order valence-electron chi connectivity index (χ0n) is 53.3. The van der Waals surface area contributed by atoms with Crippen LogP contribution in [0.2, 0.25) is 0 Å². The van der Waals surface area contributed by atoms with E-state index in [0.29, 0.717) is 11.6 Å². The molecule has 5 heteroatoms. The lowest BCUT2D eigenvalue weighted by Crippen LogP contribution is -2.61. The first-order valence-corrected chi connectivity index (χ1v) is 33.4. The fourth-order valence-electron chi connectivity index (χ4n) is 15.8. The van der Waals surface area contributed by atoms with E-state index in [-0.39, 0.29) is 12.1 Å². The Morgan fingerprint density at radius 1 is 0.372 bits per heavy atom. The predicted octanol–water partition coefficient (Wildman–Crippen LogP) is 22.8. The Kier molecular flexibility index (Phi) is 14.0. The van der Waals surface area contributed by atoms with Crippen molar-refractivity contribution in [2.75, 3.05) is 9.80 Å². The first-order chi connectivity index (χ1) is 46.2. The smallest absolute Gasteiger partial charge is 0.252 e. The van der Waals surface area contributed by atoms with E-state index in [1.807, 2.05) is 6.07 Å². The molecular formula is C89H69BN4. The number of nitrogens with zero attached hydrogens (tertiary/aromatic N) is 4. The van der Waals surface area contributed by atoms with Crippen LogP contribution in [0.25, 0.3) is 99.1 Å². The molecule has 2 aliphatic heterocycles. The van der Waals surface area contributed by atoms with Crippen molar-refractivity contribution in [1.82, 2.24) is 4.57 Å². The lowest BCUT2D eigenvalue weighted by molar-refractivity contribution is 0.444. The minimum Gasteiger partial charge on any atom is -0.310 e. The normalized spacial score (nSPS) is 13.6. The first kappa shape index (κ1) is 56.8. The number of rotatable bonds is 10. The van der Waals surface area contributed by atoms with E-state index in [4.69, 9.17) is 6.57 Å². The first-order valence-electron chi connectivity index (χ1n) is 33.4. The van der Waals surface area contributed by atoms with Gasteiger partial charge in [-0.3, -0.25) is 0 Å². The monoisotopic (exact) mass is 1200 g/mol. The number of hydrogen-bond acceptors (Lipinski definition) is 2. The number of aromatic nitrogens is 1. The molecule has 4 nitrogen and oxygen atoms in total. The number of fused-ring (bicyclic) bond motifs is 7. The molecule has 14 aromatic rings. The van der Waals surface area contributed by atoms with Crippen LogP contribution in [0.3, 0.4) is 0 Å². The largest absolute Gasteiger partial charge is 0.310 e. The van der Waals surface area contributed by atoms with Crippen molar-refractivity contribution < 1.29 is 0 Å². The summed E-state index contributed by atoms with van der Waals surface area (Å²) in [6.07, 6.45) is 5.99. The van der Waals surface area contributed by atoms with Crippen LogP contribution < -0.4 is 26.2 Å². The van der Waals surface area contributed by atoms with E-state index >= 15 is 0 Å². The summed E-state index contributed by atoms with van der Waals surface area (Å²) in [5, 5.41) is 2.24. The summed E-state index contributed by atoms with van der Waals surface area (Å²) in [6, 6.07) is 111. The van der Waals surface area contributed by atoms with Crippen molar-refractivity contribution in [2.45, 2.75) is 64.2 Å². The topological polar surface area (TPSA) is 15.8 Å². The molecule has 0 amide bonds. The molecule has 1 aromatic heterocycles. The molecule has 0 radical (unpaired) electrons. The van der Waals surface area contributed by atoms with Crippen molar-refractivity contribution >= 4 is 84.7 Å². The van der Waals surface area contributed by atoms with Crippen LogP contribution in [-0.2, 0) is 5.41 Å². The Balaban J connectivity index is 0.985. The highest BCUT2D eigenvalue weighted by Gasteiger charge is 2.46. The molecule has 0 spiro atoms. The van der Waals surface area contributed by atoms with Gasteiger partial charge in [-0.15, -0.1) is 0 Å². The van der Waals surface area contributed by atoms with Gasteiger partial charge in [0.15, 0.2) is 5.69 Å². The minimum absolute atomic E-state index is 0.0489. The van der Waals surface area contributed by atoms with E-state index in [2.05, 4.69) is 331 Å². The van der Waals surface area contributed by atoms with E-state index in [9.17, 15) is 0 Å². The molecule has 17 rings (SSSR count). The molecule has 94 heavy (non-hydrogen) atoms. The van der Waals surface area contributed by atoms with Crippen LogP contribution in [-0.4, -0.2) is 11.3 Å². The molecule has 1 aliphatic carbocycles. The van der Waals surface area contributed by atoms with Crippen LogP contribution in [0.4, 0.5) is 39.8 Å². The van der Waals surface area contributed by atoms with E-state index in [1.165, 1.54) is 125 Å². The van der Waals surface area contributed by atoms with Gasteiger partial charge in [0, 0.05) is 56.1 Å². The van der Waals surface area contributed by atoms with Gasteiger partial charge in [-0.05, 0) is 162 Å². The van der Waals surface area contributed by atoms with Crippen molar-refractivity contribution in [2.24, 2.45) is 0 Å². The van der Waals surface area contributed by atoms with Crippen LogP contribution in [0.15, 0.2) is 297 Å². The molecule has 448 valence electrons. The average Bonchev–Trinajstić information content (AvgIpc) is 0.837. The maximum Gasteiger partial charge on any atom is 0.252 e. The van der Waals surface area contributed by atoms with Gasteiger partial charge in [-0.1, -0.05) is 277 Å². The molecule has 0 bridgehead atoms. The lowest BCUT2D eigenvalue weighted by Gasteiger charge is -2.46. The van der Waals surface area contributed by atoms with Gasteiger partial charge in [0.1, 0.15) is 0 Å². The van der Waals surface area contributed by atoms with Gasteiger partial charge >= 0.3 is 0 Å². The molecule has 0 saturated heterocycles. The number of benzene rings is 13. The molecule has 3 heterocycles. The Bertz CT molecular complexity index is 5170. The van der Waals surface area contributed by atoms with Gasteiger partial charge in [0.05, 0.1) is 29.0 Å². The zero-order chi connectivity index (χ0) is 63.0. The van der Waals surface area contributed by atoms with Crippen LogP contribution in [0.5, 0.6) is 0 Å². The summed E-state index contributed by atoms with van der Waals surface area (Å²) in [7, 11) is 0. The van der Waals surface area contributed by atoms with E-state index in [0.717, 1.165) is 62.8 Å². The fraction of sp³-hybridized carbons (Fsp3) is 0.112. The summed E-state index contributed by atoms with van der Waals surface area (Å²) in [5.41, 5.74) is 31.4. The van der Waals surface area contributed by atoms with Crippen molar-refractivity contribution in [3.8, 4) is 72.4 Å². The summed E-state index contributed by atoms with van der Waals surface area (Å²) in [5.74, 6) is 0.381. The molecule has 1 saturated carbocycles. The predicted molar refractivity (Wildman–Crippen MR) is 398 cm³/mol. The van der Waals surface area contributed by atoms with E-state index in [1.54, 1.807) is 0 Å². The molecule has 0 unspecified atom stereocenters. The highest BCUT2D eigenvalue weighted by molar-refractivity contribution is 7.00. The number of para-hydroxylation sites is 2. The summed E-state index contributed by atoms with van der Waals surface area (Å²) in [4.78, 5) is 9.33. The second-order valence-corrected chi connectivity index (χ2v) is 26.9. The third-order valence-corrected chi connectivity index (χ3v) is 20.3. The number of hydrogen-bond donors (Lipinski definition) is 0. The average molecular weight is 1210 g/mol. The second kappa shape index (κ2) is 23.2. The highest BCUT2D eigenvalue weighted by atomic mass is 15.2. The maximum absolute atomic E-state index is 8.06. The zero-order valence-corrected chi connectivity index (χ0v) is 53.3. The molecule has 1 fully saturated rings. The van der Waals surface area contributed by atoms with Crippen molar-refractivity contribution in [3.63, 3.8) is 0 Å². The molecule has 3 aliphatic rings. The molecule has 0 atom stereocenters. The second-order valence-electron chi connectivity index (χ2n) is 26.9. The van der Waals surface area contributed by atoms with Gasteiger partial charge in [0.25, 0.3) is 6.71 Å². The Morgan fingerprint density at radius 2 is 0.840 bits per heavy atom. The summed E-state index contributed by atoms with van der Waals surface area (Å²) in [6.45, 7) is 14.7. The van der Waals surface area contributed by atoms with Crippen molar-refractivity contribution in [1.29, 1.82) is 0 Å². The summed E-state index contributed by atoms with van der Waals surface area (Å²) >= 11 is 0. The SMILES string of the molecule is [C-]#[N+]c1ccc2c(c1)c1cc(C(C)(C)C)ccc1n2-c1cccc(-c2ccc3c(c2)B2c4ccc(-c5ccccc5)cc4N(c4c(-c5ccccc5)cccc4-c4ccccc4)c4cc(C5CCCCC5)cc(c42)N3c2c(-c3ccccc3)cccc2-c2ccccc2)c1. The molecule has 0 N–H and O–H groups in total. The third kappa shape index (κ3) is 9.66. The fourth-order valence-corrected chi connectivity index (χ4v) is 15.8. The lowest BCUT2D eigenvalue weighted by atomic mass is 9.33.